The lowest BCUT2D eigenvalue weighted by molar-refractivity contribution is -0.129. The van der Waals surface area contributed by atoms with E-state index in [9.17, 15) is 14.4 Å². The van der Waals surface area contributed by atoms with Crippen molar-refractivity contribution in [2.75, 3.05) is 6.54 Å². The zero-order valence-electron chi connectivity index (χ0n) is 6.22. The van der Waals surface area contributed by atoms with Crippen LogP contribution < -0.4 is 11.1 Å². The minimum absolute atomic E-state index is 0.201. The fraction of sp³-hybridized carbons (Fsp3) is 0.500. The van der Waals surface area contributed by atoms with E-state index >= 15 is 0 Å². The summed E-state index contributed by atoms with van der Waals surface area (Å²) in [6.45, 7) is 1.08. The molecule has 0 fully saturated rings. The third-order valence-electron chi connectivity index (χ3n) is 0.869. The van der Waals surface area contributed by atoms with Crippen molar-refractivity contribution in [2.24, 2.45) is 5.73 Å². The highest BCUT2D eigenvalue weighted by molar-refractivity contribution is 5.97. The minimum Gasteiger partial charge on any atom is -0.368 e. The van der Waals surface area contributed by atoms with Crippen LogP contribution in [0, 0.1) is 0 Å². The molecule has 11 heavy (non-hydrogen) atoms. The molecule has 0 saturated carbocycles. The number of rotatable bonds is 4. The Hall–Kier alpha value is -1.39. The quantitative estimate of drug-likeness (QED) is 0.491. The summed E-state index contributed by atoms with van der Waals surface area (Å²) in [5.74, 6) is -1.34. The second kappa shape index (κ2) is 4.43. The molecule has 0 saturated heterocycles. The first kappa shape index (κ1) is 9.61. The number of nitrogens with one attached hydrogen (secondary N) is 1. The highest BCUT2D eigenvalue weighted by Crippen LogP contribution is 1.79. The number of primary amides is 1. The van der Waals surface area contributed by atoms with Gasteiger partial charge >= 0.3 is 0 Å². The zero-order valence-corrected chi connectivity index (χ0v) is 6.22. The van der Waals surface area contributed by atoms with Gasteiger partial charge in [0.25, 0.3) is 0 Å². The molecule has 0 aromatic rings. The fourth-order valence-electron chi connectivity index (χ4n) is 0.474. The summed E-state index contributed by atoms with van der Waals surface area (Å²) in [4.78, 5) is 31.1. The number of carbonyl (C=O) groups excluding carboxylic acids is 3. The lowest BCUT2D eigenvalue weighted by atomic mass is 10.3. The molecule has 0 heterocycles. The monoisotopic (exact) mass is 158 g/mol. The first-order chi connectivity index (χ1) is 5.02. The topological polar surface area (TPSA) is 89.3 Å². The van der Waals surface area contributed by atoms with Gasteiger partial charge in [-0.1, -0.05) is 0 Å². The molecule has 5 heteroatoms. The number of nitrogens with two attached hydrogens (primary N) is 1. The summed E-state index contributed by atoms with van der Waals surface area (Å²) in [7, 11) is 0. The van der Waals surface area contributed by atoms with Gasteiger partial charge in [0.1, 0.15) is 5.78 Å². The summed E-state index contributed by atoms with van der Waals surface area (Å²) in [6, 6.07) is 0. The van der Waals surface area contributed by atoms with Crippen molar-refractivity contribution in [1.82, 2.24) is 5.32 Å². The van der Waals surface area contributed by atoms with Crippen LogP contribution in [0.5, 0.6) is 0 Å². The molecule has 0 unspecified atom stereocenters. The molecule has 0 aliphatic rings. The average molecular weight is 158 g/mol. The van der Waals surface area contributed by atoms with Gasteiger partial charge in [-0.2, -0.15) is 0 Å². The molecular formula is C6H10N2O3. The average Bonchev–Trinajstić information content (AvgIpc) is 1.82. The van der Waals surface area contributed by atoms with Gasteiger partial charge in [-0.3, -0.25) is 14.4 Å². The SMILES string of the molecule is CC(=O)CC(=O)NCC(N)=O. The molecule has 3 N–H and O–H groups in total. The zero-order chi connectivity index (χ0) is 8.85. The van der Waals surface area contributed by atoms with E-state index in [1.165, 1.54) is 6.92 Å². The lowest BCUT2D eigenvalue weighted by Crippen LogP contribution is -2.33. The maximum Gasteiger partial charge on any atom is 0.236 e. The van der Waals surface area contributed by atoms with Crippen molar-refractivity contribution < 1.29 is 14.4 Å². The van der Waals surface area contributed by atoms with Crippen molar-refractivity contribution in [2.45, 2.75) is 13.3 Å². The fourth-order valence-corrected chi connectivity index (χ4v) is 0.474. The van der Waals surface area contributed by atoms with Gasteiger partial charge in [-0.25, -0.2) is 0 Å². The summed E-state index contributed by atoms with van der Waals surface area (Å²) in [6.07, 6.45) is -0.201. The molecule has 0 bridgehead atoms. The highest BCUT2D eigenvalue weighted by atomic mass is 16.2. The first-order valence-corrected chi connectivity index (χ1v) is 3.07. The maximum atomic E-state index is 10.6. The van der Waals surface area contributed by atoms with Crippen molar-refractivity contribution in [1.29, 1.82) is 0 Å². The van der Waals surface area contributed by atoms with Gasteiger partial charge in [0.2, 0.25) is 11.8 Å². The Morgan fingerprint density at radius 3 is 2.27 bits per heavy atom. The number of hydrogen-bond donors (Lipinski definition) is 2. The number of ketones is 1. The Kier molecular flexibility index (Phi) is 3.87. The molecule has 0 rings (SSSR count). The predicted molar refractivity (Wildman–Crippen MR) is 37.5 cm³/mol. The van der Waals surface area contributed by atoms with Crippen molar-refractivity contribution >= 4 is 17.6 Å². The summed E-state index contributed by atoms with van der Waals surface area (Å²) >= 11 is 0. The van der Waals surface area contributed by atoms with Gasteiger partial charge in [-0.05, 0) is 6.92 Å². The van der Waals surface area contributed by atoms with E-state index in [0.29, 0.717) is 0 Å². The Morgan fingerprint density at radius 1 is 1.36 bits per heavy atom. The number of hydrogen-bond acceptors (Lipinski definition) is 3. The van der Waals surface area contributed by atoms with E-state index in [1.807, 2.05) is 0 Å². The van der Waals surface area contributed by atoms with Crippen LogP contribution in [0.4, 0.5) is 0 Å². The van der Waals surface area contributed by atoms with Gasteiger partial charge in [0.15, 0.2) is 0 Å². The van der Waals surface area contributed by atoms with Crippen LogP contribution in [0.3, 0.4) is 0 Å². The van der Waals surface area contributed by atoms with Crippen LogP contribution in [0.15, 0.2) is 0 Å². The van der Waals surface area contributed by atoms with Crippen LogP contribution in [-0.4, -0.2) is 24.1 Å². The third-order valence-corrected chi connectivity index (χ3v) is 0.869. The molecule has 0 aliphatic heterocycles. The molecule has 62 valence electrons. The van der Waals surface area contributed by atoms with E-state index in [1.54, 1.807) is 0 Å². The molecular weight excluding hydrogens is 148 g/mol. The highest BCUT2D eigenvalue weighted by Gasteiger charge is 2.04. The smallest absolute Gasteiger partial charge is 0.236 e. The Balaban J connectivity index is 3.53. The minimum atomic E-state index is -0.623. The Bertz CT molecular complexity index is 188. The van der Waals surface area contributed by atoms with Crippen LogP contribution in [0.25, 0.3) is 0 Å². The van der Waals surface area contributed by atoms with E-state index in [-0.39, 0.29) is 18.7 Å². The maximum absolute atomic E-state index is 10.6. The van der Waals surface area contributed by atoms with Gasteiger partial charge < -0.3 is 11.1 Å². The van der Waals surface area contributed by atoms with E-state index in [0.717, 1.165) is 0 Å². The second-order valence-electron chi connectivity index (χ2n) is 2.12. The number of carbonyl (C=O) groups is 3. The van der Waals surface area contributed by atoms with Crippen LogP contribution in [-0.2, 0) is 14.4 Å². The molecule has 0 radical (unpaired) electrons. The van der Waals surface area contributed by atoms with Crippen LogP contribution >= 0.6 is 0 Å². The standard InChI is InChI=1S/C6H10N2O3/c1-4(9)2-6(11)8-3-5(7)10/h2-3H2,1H3,(H2,7,10)(H,8,11). The number of amides is 2. The molecule has 0 aromatic heterocycles. The summed E-state index contributed by atoms with van der Waals surface area (Å²) in [5.41, 5.74) is 4.73. The molecule has 0 aliphatic carbocycles. The second-order valence-corrected chi connectivity index (χ2v) is 2.12. The van der Waals surface area contributed by atoms with Gasteiger partial charge in [0, 0.05) is 0 Å². The van der Waals surface area contributed by atoms with Crippen LogP contribution in [0.1, 0.15) is 13.3 Å². The predicted octanol–water partition coefficient (Wildman–Crippen LogP) is -1.43. The van der Waals surface area contributed by atoms with Crippen molar-refractivity contribution in [3.8, 4) is 0 Å². The molecule has 0 atom stereocenters. The first-order valence-electron chi connectivity index (χ1n) is 3.07. The Labute approximate surface area is 63.9 Å². The van der Waals surface area contributed by atoms with Crippen LogP contribution in [0.2, 0.25) is 0 Å². The molecule has 0 spiro atoms. The molecule has 0 aromatic carbocycles. The largest absolute Gasteiger partial charge is 0.368 e. The van der Waals surface area contributed by atoms with E-state index in [2.05, 4.69) is 5.32 Å². The number of Topliss-reactive ketones (excluding diaryl/α,β-unsaturated/α-hetero) is 1. The van der Waals surface area contributed by atoms with E-state index < -0.39 is 11.8 Å². The molecule has 2 amide bonds. The Morgan fingerprint density at radius 2 is 1.91 bits per heavy atom. The third kappa shape index (κ3) is 6.50. The van der Waals surface area contributed by atoms with Crippen molar-refractivity contribution in [3.05, 3.63) is 0 Å². The molecule has 5 nitrogen and oxygen atoms in total. The lowest BCUT2D eigenvalue weighted by Gasteiger charge is -1.98. The van der Waals surface area contributed by atoms with Gasteiger partial charge in [-0.15, -0.1) is 0 Å². The normalized spacial score (nSPS) is 8.82. The van der Waals surface area contributed by atoms with Crippen molar-refractivity contribution in [3.63, 3.8) is 0 Å². The summed E-state index contributed by atoms with van der Waals surface area (Å²) in [5, 5.41) is 2.18. The van der Waals surface area contributed by atoms with E-state index in [4.69, 9.17) is 5.73 Å². The van der Waals surface area contributed by atoms with Gasteiger partial charge in [0.05, 0.1) is 13.0 Å². The summed E-state index contributed by atoms with van der Waals surface area (Å²) < 4.78 is 0.